The molecule has 3 aromatic carbocycles. The third-order valence-corrected chi connectivity index (χ3v) is 10.2. The summed E-state index contributed by atoms with van der Waals surface area (Å²) >= 11 is 12.7. The number of benzene rings is 3. The monoisotopic (exact) mass is 646 g/mol. The minimum Gasteiger partial charge on any atom is -0.481 e. The summed E-state index contributed by atoms with van der Waals surface area (Å²) in [4.78, 5) is 28.5. The molecule has 1 aliphatic heterocycles. The van der Waals surface area contributed by atoms with Crippen LogP contribution in [0.3, 0.4) is 0 Å². The van der Waals surface area contributed by atoms with Gasteiger partial charge in [-0.25, -0.2) is 12.8 Å². The van der Waals surface area contributed by atoms with Crippen LogP contribution in [-0.2, 0) is 19.6 Å². The molecule has 5 rings (SSSR count). The summed E-state index contributed by atoms with van der Waals surface area (Å²) in [6, 6.07) is 18.8. The average Bonchev–Trinajstić information content (AvgIpc) is 3.77. The highest BCUT2D eigenvalue weighted by atomic mass is 35.5. The van der Waals surface area contributed by atoms with Crippen LogP contribution in [0, 0.1) is 17.2 Å². The molecule has 7 nitrogen and oxygen atoms in total. The maximum Gasteiger partial charge on any atom is 0.304 e. The third kappa shape index (κ3) is 6.69. The number of para-hydroxylation sites is 1. The number of carbonyl (C=O) groups is 2. The van der Waals surface area contributed by atoms with Crippen molar-refractivity contribution < 1.29 is 27.5 Å². The number of amides is 1. The van der Waals surface area contributed by atoms with Crippen LogP contribution in [0.25, 0.3) is 0 Å². The van der Waals surface area contributed by atoms with Crippen LogP contribution >= 0.6 is 23.2 Å². The number of piperidine rings is 1. The second kappa shape index (κ2) is 12.1. The van der Waals surface area contributed by atoms with Crippen molar-refractivity contribution in [3.05, 3.63) is 99.8 Å². The second-order valence-corrected chi connectivity index (χ2v) is 14.6. The topological polar surface area (TPSA) is 95.0 Å². The fraction of sp³-hybridized carbons (Fsp3) is 0.375. The zero-order chi connectivity index (χ0) is 31.1. The van der Waals surface area contributed by atoms with Crippen molar-refractivity contribution in [2.45, 2.75) is 50.6 Å². The first-order valence-electron chi connectivity index (χ1n) is 14.1. The molecule has 2 fully saturated rings. The summed E-state index contributed by atoms with van der Waals surface area (Å²) in [5.41, 5.74) is 0.179. The Hall–Kier alpha value is -3.14. The van der Waals surface area contributed by atoms with E-state index in [-0.39, 0.29) is 36.4 Å². The Balaban J connectivity index is 1.71. The summed E-state index contributed by atoms with van der Waals surface area (Å²) in [6.45, 7) is 1.47. The van der Waals surface area contributed by atoms with E-state index >= 15 is 4.39 Å². The molecule has 0 aromatic heterocycles. The lowest BCUT2D eigenvalue weighted by molar-refractivity contribution is -0.160. The Bertz CT molecular complexity index is 1630. The number of rotatable bonds is 10. The molecule has 0 spiro atoms. The van der Waals surface area contributed by atoms with Crippen LogP contribution < -0.4 is 4.31 Å². The van der Waals surface area contributed by atoms with E-state index in [1.54, 1.807) is 36.1 Å². The van der Waals surface area contributed by atoms with Gasteiger partial charge in [0.2, 0.25) is 15.9 Å². The van der Waals surface area contributed by atoms with Gasteiger partial charge in [0.05, 0.1) is 42.4 Å². The summed E-state index contributed by atoms with van der Waals surface area (Å²) in [6.07, 6.45) is 2.32. The van der Waals surface area contributed by atoms with Crippen molar-refractivity contribution in [2.75, 3.05) is 17.1 Å². The molecule has 1 heterocycles. The van der Waals surface area contributed by atoms with Gasteiger partial charge in [-0.3, -0.25) is 13.9 Å². The van der Waals surface area contributed by atoms with E-state index in [0.29, 0.717) is 10.0 Å². The highest BCUT2D eigenvalue weighted by molar-refractivity contribution is 7.92. The lowest BCUT2D eigenvalue weighted by Gasteiger charge is -2.52. The number of hydrogen-bond acceptors (Lipinski definition) is 4. The van der Waals surface area contributed by atoms with Crippen molar-refractivity contribution in [1.82, 2.24) is 4.90 Å². The van der Waals surface area contributed by atoms with Crippen molar-refractivity contribution in [1.29, 1.82) is 0 Å². The summed E-state index contributed by atoms with van der Waals surface area (Å²) in [7, 11) is -3.98. The van der Waals surface area contributed by atoms with Crippen LogP contribution in [0.4, 0.5) is 10.1 Å². The fourth-order valence-electron chi connectivity index (χ4n) is 6.43. The molecule has 1 saturated heterocycles. The predicted molar refractivity (Wildman–Crippen MR) is 165 cm³/mol. The molecule has 0 unspecified atom stereocenters. The number of carboxylic acids is 1. The van der Waals surface area contributed by atoms with Gasteiger partial charge in [0.1, 0.15) is 5.82 Å². The molecule has 1 N–H and O–H groups in total. The van der Waals surface area contributed by atoms with E-state index in [9.17, 15) is 23.1 Å². The maximum atomic E-state index is 15.0. The summed E-state index contributed by atoms with van der Waals surface area (Å²) in [5, 5.41) is 10.9. The van der Waals surface area contributed by atoms with Crippen LogP contribution in [0.15, 0.2) is 72.8 Å². The summed E-state index contributed by atoms with van der Waals surface area (Å²) in [5.74, 6) is -2.65. The number of nitrogens with zero attached hydrogens (tertiary/aromatic N) is 2. The Kier molecular flexibility index (Phi) is 8.80. The van der Waals surface area contributed by atoms with Gasteiger partial charge in [-0.1, -0.05) is 66.5 Å². The number of carbonyl (C=O) groups excluding carboxylic acids is 1. The van der Waals surface area contributed by atoms with Gasteiger partial charge < -0.3 is 10.0 Å². The van der Waals surface area contributed by atoms with Gasteiger partial charge in [0.15, 0.2) is 0 Å². The molecule has 43 heavy (non-hydrogen) atoms. The standard InChI is InChI=1S/C32H33Cl2FN2O5S/c1-32(18-29(38)39)17-25(22-6-5-7-24(34)16-22)30(21-12-14-23(33)15-13-21)37(31(32)40)28(20-10-11-20)19-36(43(2,41)42)27-9-4-3-8-26(27)35/h3-9,12-16,20,25,28,30H,10-11,17-19H2,1-2H3,(H,38,39)/t25-,28-,30-,32-/m1/s1. The van der Waals surface area contributed by atoms with Crippen LogP contribution in [0.5, 0.6) is 0 Å². The largest absolute Gasteiger partial charge is 0.481 e. The van der Waals surface area contributed by atoms with Gasteiger partial charge in [0.25, 0.3) is 0 Å². The number of sulfonamides is 1. The van der Waals surface area contributed by atoms with E-state index in [1.807, 2.05) is 30.3 Å². The molecular weight excluding hydrogens is 614 g/mol. The van der Waals surface area contributed by atoms with E-state index < -0.39 is 45.7 Å². The summed E-state index contributed by atoms with van der Waals surface area (Å²) < 4.78 is 42.4. The van der Waals surface area contributed by atoms with Crippen molar-refractivity contribution in [3.63, 3.8) is 0 Å². The molecule has 11 heteroatoms. The van der Waals surface area contributed by atoms with Crippen molar-refractivity contribution >= 4 is 50.8 Å². The number of carboxylic acid groups (broad SMARTS) is 1. The Morgan fingerprint density at radius 2 is 1.72 bits per heavy atom. The lowest BCUT2D eigenvalue weighted by atomic mass is 9.67. The van der Waals surface area contributed by atoms with Gasteiger partial charge in [-0.2, -0.15) is 0 Å². The smallest absolute Gasteiger partial charge is 0.304 e. The molecule has 1 amide bonds. The van der Waals surface area contributed by atoms with Crippen LogP contribution in [-0.4, -0.2) is 49.1 Å². The fourth-order valence-corrected chi connectivity index (χ4v) is 7.68. The number of anilines is 1. The number of halogens is 3. The number of aliphatic carboxylic acids is 1. The van der Waals surface area contributed by atoms with Crippen molar-refractivity contribution in [2.24, 2.45) is 11.3 Å². The molecule has 0 bridgehead atoms. The third-order valence-electron chi connectivity index (χ3n) is 8.53. The lowest BCUT2D eigenvalue weighted by Crippen LogP contribution is -2.59. The van der Waals surface area contributed by atoms with E-state index in [4.69, 9.17) is 23.2 Å². The molecule has 3 aromatic rings. The maximum absolute atomic E-state index is 15.0. The van der Waals surface area contributed by atoms with Gasteiger partial charge in [-0.15, -0.1) is 0 Å². The van der Waals surface area contributed by atoms with Gasteiger partial charge >= 0.3 is 5.97 Å². The zero-order valence-corrected chi connectivity index (χ0v) is 26.1. The molecule has 1 aliphatic carbocycles. The first kappa shape index (κ1) is 31.3. The van der Waals surface area contributed by atoms with Gasteiger partial charge in [-0.05, 0) is 72.7 Å². The molecular formula is C32H33Cl2FN2O5S. The molecule has 4 atom stereocenters. The Morgan fingerprint density at radius 3 is 2.30 bits per heavy atom. The second-order valence-electron chi connectivity index (χ2n) is 11.9. The quantitative estimate of drug-likeness (QED) is 0.258. The van der Waals surface area contributed by atoms with Crippen LogP contribution in [0.2, 0.25) is 10.0 Å². The Morgan fingerprint density at radius 1 is 1.05 bits per heavy atom. The number of hydrogen-bond donors (Lipinski definition) is 1. The highest BCUT2D eigenvalue weighted by Crippen LogP contribution is 2.54. The van der Waals surface area contributed by atoms with E-state index in [0.717, 1.165) is 34.5 Å². The van der Waals surface area contributed by atoms with Gasteiger partial charge in [0, 0.05) is 16.0 Å². The normalized spacial score (nSPS) is 23.2. The molecule has 1 saturated carbocycles. The van der Waals surface area contributed by atoms with Crippen LogP contribution in [0.1, 0.15) is 55.7 Å². The first-order valence-corrected chi connectivity index (χ1v) is 16.7. The SMILES string of the molecule is C[C@]1(CC(=O)O)C[C@H](c2cccc(Cl)c2)[C@@H](c2ccc(Cl)cc2)N([C@H](CN(c2ccccc2F)S(C)(=O)=O)C2CC2)C1=O. The van der Waals surface area contributed by atoms with E-state index in [2.05, 4.69) is 0 Å². The molecule has 0 radical (unpaired) electrons. The molecule has 2 aliphatic rings. The minimum absolute atomic E-state index is 0.0676. The minimum atomic E-state index is -3.98. The van der Waals surface area contributed by atoms with Crippen molar-refractivity contribution in [3.8, 4) is 0 Å². The number of likely N-dealkylation sites (tertiary alicyclic amines) is 1. The predicted octanol–water partition coefficient (Wildman–Crippen LogP) is 6.92. The molecule has 228 valence electrons. The zero-order valence-electron chi connectivity index (χ0n) is 23.8. The van der Waals surface area contributed by atoms with E-state index in [1.165, 1.54) is 18.2 Å². The Labute approximate surface area is 261 Å². The first-order chi connectivity index (χ1) is 20.3. The highest BCUT2D eigenvalue weighted by Gasteiger charge is 2.55. The average molecular weight is 648 g/mol.